The van der Waals surface area contributed by atoms with E-state index in [9.17, 15) is 0 Å². The summed E-state index contributed by atoms with van der Waals surface area (Å²) in [6.45, 7) is 0. The van der Waals surface area contributed by atoms with E-state index < -0.39 is 0 Å². The average molecular weight is 163 g/mol. The van der Waals surface area contributed by atoms with Gasteiger partial charge in [0.15, 0.2) is 0 Å². The lowest BCUT2D eigenvalue weighted by Gasteiger charge is -1.91. The Labute approximate surface area is 69.2 Å². The fourth-order valence-corrected chi connectivity index (χ4v) is 1.05. The number of hydrogen-bond donors (Lipinski definition) is 2. The Hall–Kier alpha value is -1.78. The molecule has 0 amide bonds. The fraction of sp³-hybridized carbons (Fsp3) is 0.143. The van der Waals surface area contributed by atoms with E-state index >= 15 is 0 Å². The second-order valence-electron chi connectivity index (χ2n) is 2.57. The van der Waals surface area contributed by atoms with E-state index in [2.05, 4.69) is 15.3 Å². The number of nitrogens with zero attached hydrogens (tertiary/aromatic N) is 3. The lowest BCUT2D eigenvalue weighted by atomic mass is 10.3. The molecule has 0 spiro atoms. The number of aromatic amines is 1. The number of hydrogen-bond acceptors (Lipinski definition) is 3. The van der Waals surface area contributed by atoms with Crippen molar-refractivity contribution in [3.63, 3.8) is 0 Å². The first kappa shape index (κ1) is 6.90. The predicted octanol–water partition coefficient (Wildman–Crippen LogP) is 0.392. The van der Waals surface area contributed by atoms with Gasteiger partial charge < -0.3 is 5.73 Å². The van der Waals surface area contributed by atoms with Gasteiger partial charge in [0.25, 0.3) is 0 Å². The van der Waals surface area contributed by atoms with Crippen molar-refractivity contribution in [2.24, 2.45) is 7.05 Å². The highest BCUT2D eigenvalue weighted by molar-refractivity contribution is 5.68. The van der Waals surface area contributed by atoms with Crippen LogP contribution in [0.1, 0.15) is 0 Å². The summed E-state index contributed by atoms with van der Waals surface area (Å²) in [5.41, 5.74) is 7.84. The van der Waals surface area contributed by atoms with Gasteiger partial charge in [0, 0.05) is 13.2 Å². The largest absolute Gasteiger partial charge is 0.396 e. The maximum Gasteiger partial charge on any atom is 0.112 e. The zero-order chi connectivity index (χ0) is 8.55. The van der Waals surface area contributed by atoms with E-state index in [1.165, 1.54) is 0 Å². The molecule has 62 valence electrons. The molecule has 0 unspecified atom stereocenters. The molecule has 5 nitrogen and oxygen atoms in total. The molecule has 0 aliphatic heterocycles. The van der Waals surface area contributed by atoms with Gasteiger partial charge in [-0.2, -0.15) is 10.2 Å². The zero-order valence-electron chi connectivity index (χ0n) is 6.65. The normalized spacial score (nSPS) is 10.4. The van der Waals surface area contributed by atoms with Gasteiger partial charge in [0.2, 0.25) is 0 Å². The quantitative estimate of drug-likeness (QED) is 0.638. The highest BCUT2D eigenvalue weighted by Crippen LogP contribution is 2.19. The van der Waals surface area contributed by atoms with Crippen LogP contribution in [0.4, 0.5) is 5.69 Å². The highest BCUT2D eigenvalue weighted by Gasteiger charge is 2.06. The van der Waals surface area contributed by atoms with Crippen LogP contribution in [0.3, 0.4) is 0 Å². The fourth-order valence-electron chi connectivity index (χ4n) is 1.05. The first-order valence-electron chi connectivity index (χ1n) is 3.56. The summed E-state index contributed by atoms with van der Waals surface area (Å²) >= 11 is 0. The van der Waals surface area contributed by atoms with Crippen molar-refractivity contribution in [3.05, 3.63) is 18.5 Å². The lowest BCUT2D eigenvalue weighted by molar-refractivity contribution is 0.770. The maximum absolute atomic E-state index is 5.64. The number of nitrogens with one attached hydrogen (secondary N) is 1. The molecule has 2 aromatic rings. The predicted molar refractivity (Wildman–Crippen MR) is 45.2 cm³/mol. The number of aromatic nitrogens is 4. The topological polar surface area (TPSA) is 72.5 Å². The molecule has 12 heavy (non-hydrogen) atoms. The standard InChI is InChI=1S/C7H9N5/c1-12-3-2-6(11-12)7-5(8)4-9-10-7/h2-4H,8H2,1H3,(H,9,10). The summed E-state index contributed by atoms with van der Waals surface area (Å²) in [6.07, 6.45) is 3.43. The molecule has 5 heteroatoms. The number of rotatable bonds is 1. The third-order valence-corrected chi connectivity index (χ3v) is 1.64. The van der Waals surface area contributed by atoms with Gasteiger partial charge in [0.05, 0.1) is 11.9 Å². The smallest absolute Gasteiger partial charge is 0.112 e. The summed E-state index contributed by atoms with van der Waals surface area (Å²) in [5.74, 6) is 0. The molecule has 0 bridgehead atoms. The third-order valence-electron chi connectivity index (χ3n) is 1.64. The molecule has 0 aromatic carbocycles. The molecule has 2 heterocycles. The molecule has 3 N–H and O–H groups in total. The van der Waals surface area contributed by atoms with Crippen LogP contribution < -0.4 is 5.73 Å². The van der Waals surface area contributed by atoms with Crippen LogP contribution in [0.15, 0.2) is 18.5 Å². The van der Waals surface area contributed by atoms with E-state index in [0.29, 0.717) is 5.69 Å². The van der Waals surface area contributed by atoms with E-state index in [0.717, 1.165) is 11.4 Å². The first-order chi connectivity index (χ1) is 5.77. The van der Waals surface area contributed by atoms with Gasteiger partial charge >= 0.3 is 0 Å². The SMILES string of the molecule is Cn1ccc(-c2[nH]ncc2N)n1. The molecule has 0 aliphatic carbocycles. The summed E-state index contributed by atoms with van der Waals surface area (Å²) in [6, 6.07) is 1.88. The van der Waals surface area contributed by atoms with Crippen molar-refractivity contribution in [3.8, 4) is 11.4 Å². The number of nitrogens with two attached hydrogens (primary N) is 1. The summed E-state index contributed by atoms with van der Waals surface area (Å²) in [7, 11) is 1.86. The van der Waals surface area contributed by atoms with Crippen LogP contribution in [-0.4, -0.2) is 20.0 Å². The molecule has 0 aliphatic rings. The second-order valence-corrected chi connectivity index (χ2v) is 2.57. The van der Waals surface area contributed by atoms with Crippen molar-refractivity contribution < 1.29 is 0 Å². The Morgan fingerprint density at radius 3 is 2.92 bits per heavy atom. The van der Waals surface area contributed by atoms with Gasteiger partial charge in [-0.15, -0.1) is 0 Å². The summed E-state index contributed by atoms with van der Waals surface area (Å²) < 4.78 is 1.72. The van der Waals surface area contributed by atoms with Crippen LogP contribution in [-0.2, 0) is 7.05 Å². The summed E-state index contributed by atoms with van der Waals surface area (Å²) in [4.78, 5) is 0. The van der Waals surface area contributed by atoms with Gasteiger partial charge in [-0.25, -0.2) is 0 Å². The molecule has 2 rings (SSSR count). The van der Waals surface area contributed by atoms with Crippen LogP contribution in [0.25, 0.3) is 11.4 Å². The number of H-pyrrole nitrogens is 1. The van der Waals surface area contributed by atoms with Crippen molar-refractivity contribution >= 4 is 5.69 Å². The Morgan fingerprint density at radius 1 is 1.58 bits per heavy atom. The molecule has 0 atom stereocenters. The Kier molecular flexibility index (Phi) is 1.36. The summed E-state index contributed by atoms with van der Waals surface area (Å²) in [5, 5.41) is 10.8. The Balaban J connectivity index is 2.50. The van der Waals surface area contributed by atoms with Gasteiger partial charge in [0.1, 0.15) is 11.4 Å². The Bertz CT molecular complexity index is 386. The molecule has 0 saturated heterocycles. The van der Waals surface area contributed by atoms with Gasteiger partial charge in [-0.3, -0.25) is 9.78 Å². The molecule has 0 radical (unpaired) electrons. The Morgan fingerprint density at radius 2 is 2.42 bits per heavy atom. The van der Waals surface area contributed by atoms with Gasteiger partial charge in [-0.05, 0) is 6.07 Å². The highest BCUT2D eigenvalue weighted by atomic mass is 15.3. The van der Waals surface area contributed by atoms with Crippen molar-refractivity contribution in [1.82, 2.24) is 20.0 Å². The molecule has 0 saturated carbocycles. The van der Waals surface area contributed by atoms with Gasteiger partial charge in [-0.1, -0.05) is 0 Å². The van der Waals surface area contributed by atoms with E-state index in [-0.39, 0.29) is 0 Å². The molecule has 2 aromatic heterocycles. The first-order valence-corrected chi connectivity index (χ1v) is 3.56. The zero-order valence-corrected chi connectivity index (χ0v) is 6.65. The van der Waals surface area contributed by atoms with E-state index in [1.807, 2.05) is 19.3 Å². The minimum absolute atomic E-state index is 0.619. The molecular weight excluding hydrogens is 154 g/mol. The monoisotopic (exact) mass is 163 g/mol. The number of aryl methyl sites for hydroxylation is 1. The average Bonchev–Trinajstić information content (AvgIpc) is 2.58. The lowest BCUT2D eigenvalue weighted by Crippen LogP contribution is -1.90. The third kappa shape index (κ3) is 0.952. The van der Waals surface area contributed by atoms with E-state index in [1.54, 1.807) is 10.9 Å². The van der Waals surface area contributed by atoms with Crippen molar-refractivity contribution in [2.45, 2.75) is 0 Å². The number of nitrogen functional groups attached to an aromatic ring is 1. The van der Waals surface area contributed by atoms with Crippen molar-refractivity contribution in [2.75, 3.05) is 5.73 Å². The molecular formula is C7H9N5. The number of anilines is 1. The van der Waals surface area contributed by atoms with Crippen LogP contribution >= 0.6 is 0 Å². The van der Waals surface area contributed by atoms with Crippen LogP contribution in [0.5, 0.6) is 0 Å². The maximum atomic E-state index is 5.64. The minimum atomic E-state index is 0.619. The molecule has 0 fully saturated rings. The van der Waals surface area contributed by atoms with Crippen LogP contribution in [0.2, 0.25) is 0 Å². The van der Waals surface area contributed by atoms with E-state index in [4.69, 9.17) is 5.73 Å². The minimum Gasteiger partial charge on any atom is -0.396 e. The second kappa shape index (κ2) is 2.37. The van der Waals surface area contributed by atoms with Crippen molar-refractivity contribution in [1.29, 1.82) is 0 Å². The van der Waals surface area contributed by atoms with Crippen LogP contribution in [0, 0.1) is 0 Å².